The van der Waals surface area contributed by atoms with Crippen LogP contribution in [0.4, 0.5) is 0 Å². The van der Waals surface area contributed by atoms with E-state index < -0.39 is 0 Å². The van der Waals surface area contributed by atoms with Crippen molar-refractivity contribution in [2.75, 3.05) is 65.8 Å². The molecule has 0 saturated carbocycles. The molecule has 1 rings (SSSR count). The van der Waals surface area contributed by atoms with Gasteiger partial charge in [0, 0.05) is 51.4 Å². The zero-order valence-corrected chi connectivity index (χ0v) is 14.1. The molecule has 21 heavy (non-hydrogen) atoms. The zero-order chi connectivity index (χ0) is 15.3. The number of hydrogen-bond donors (Lipinski definition) is 1. The largest absolute Gasteiger partial charge is 0.381 e. The van der Waals surface area contributed by atoms with Crippen LogP contribution in [0.15, 0.2) is 0 Å². The van der Waals surface area contributed by atoms with Crippen molar-refractivity contribution in [3.05, 3.63) is 0 Å². The molecule has 0 aromatic heterocycles. The molecule has 2 atom stereocenters. The molecular weight excluding hydrogens is 268 g/mol. The van der Waals surface area contributed by atoms with Crippen molar-refractivity contribution < 1.29 is 14.2 Å². The molecular formula is C16H34N2O3. The van der Waals surface area contributed by atoms with E-state index in [4.69, 9.17) is 14.2 Å². The molecule has 1 saturated heterocycles. The van der Waals surface area contributed by atoms with Gasteiger partial charge in [0.15, 0.2) is 0 Å². The minimum atomic E-state index is 0.557. The maximum absolute atomic E-state index is 5.68. The molecule has 0 amide bonds. The number of hydrogen-bond acceptors (Lipinski definition) is 5. The van der Waals surface area contributed by atoms with Gasteiger partial charge in [-0.1, -0.05) is 6.92 Å². The van der Waals surface area contributed by atoms with Gasteiger partial charge >= 0.3 is 0 Å². The molecule has 0 radical (unpaired) electrons. The van der Waals surface area contributed by atoms with Gasteiger partial charge in [-0.15, -0.1) is 0 Å². The fraction of sp³-hybridized carbons (Fsp3) is 1.00. The Hall–Kier alpha value is -0.200. The number of ether oxygens (including phenoxy) is 3. The number of rotatable bonds is 12. The van der Waals surface area contributed by atoms with Crippen LogP contribution in [0.1, 0.15) is 27.2 Å². The predicted molar refractivity (Wildman–Crippen MR) is 85.8 cm³/mol. The quantitative estimate of drug-likeness (QED) is 0.552. The first-order valence-electron chi connectivity index (χ1n) is 8.50. The molecule has 1 aliphatic heterocycles. The first kappa shape index (κ1) is 18.8. The van der Waals surface area contributed by atoms with Gasteiger partial charge in [0.05, 0.1) is 19.8 Å². The van der Waals surface area contributed by atoms with E-state index in [9.17, 15) is 0 Å². The van der Waals surface area contributed by atoms with Crippen LogP contribution >= 0.6 is 0 Å². The predicted octanol–water partition coefficient (Wildman–Crippen LogP) is 1.38. The van der Waals surface area contributed by atoms with Crippen molar-refractivity contribution in [1.29, 1.82) is 0 Å². The van der Waals surface area contributed by atoms with Crippen molar-refractivity contribution in [2.45, 2.75) is 33.2 Å². The Morgan fingerprint density at radius 3 is 2.33 bits per heavy atom. The summed E-state index contributed by atoms with van der Waals surface area (Å²) in [5.74, 6) is 0.557. The van der Waals surface area contributed by atoms with E-state index in [1.54, 1.807) is 0 Å². The zero-order valence-electron chi connectivity index (χ0n) is 14.1. The highest BCUT2D eigenvalue weighted by atomic mass is 16.5. The number of nitrogens with zero attached hydrogens (tertiary/aromatic N) is 1. The van der Waals surface area contributed by atoms with Gasteiger partial charge in [0.25, 0.3) is 0 Å². The van der Waals surface area contributed by atoms with Crippen LogP contribution < -0.4 is 5.32 Å². The normalized spacial score (nSPS) is 22.9. The monoisotopic (exact) mass is 302 g/mol. The summed E-state index contributed by atoms with van der Waals surface area (Å²) in [4.78, 5) is 2.45. The van der Waals surface area contributed by atoms with Crippen molar-refractivity contribution in [3.8, 4) is 0 Å². The van der Waals surface area contributed by atoms with Crippen molar-refractivity contribution in [1.82, 2.24) is 10.2 Å². The summed E-state index contributed by atoms with van der Waals surface area (Å²) in [6.45, 7) is 15.2. The molecule has 1 heterocycles. The summed E-state index contributed by atoms with van der Waals surface area (Å²) in [5.41, 5.74) is 0. The summed E-state index contributed by atoms with van der Waals surface area (Å²) < 4.78 is 16.7. The Bertz CT molecular complexity index is 230. The van der Waals surface area contributed by atoms with Crippen molar-refractivity contribution in [2.24, 2.45) is 5.92 Å². The highest BCUT2D eigenvalue weighted by Crippen LogP contribution is 2.16. The molecule has 5 heteroatoms. The Labute approximate surface area is 130 Å². The Kier molecular flexibility index (Phi) is 11.1. The second kappa shape index (κ2) is 12.4. The van der Waals surface area contributed by atoms with Crippen LogP contribution in [-0.4, -0.2) is 76.8 Å². The topological polar surface area (TPSA) is 43.0 Å². The van der Waals surface area contributed by atoms with E-state index in [1.165, 1.54) is 0 Å². The summed E-state index contributed by atoms with van der Waals surface area (Å²) >= 11 is 0. The van der Waals surface area contributed by atoms with Crippen LogP contribution in [0.3, 0.4) is 0 Å². The second-order valence-electron chi connectivity index (χ2n) is 5.48. The van der Waals surface area contributed by atoms with E-state index in [-0.39, 0.29) is 0 Å². The highest BCUT2D eigenvalue weighted by Gasteiger charge is 2.26. The molecule has 2 unspecified atom stereocenters. The molecule has 0 spiro atoms. The number of nitrogens with one attached hydrogen (secondary N) is 1. The van der Waals surface area contributed by atoms with Gasteiger partial charge < -0.3 is 19.5 Å². The molecule has 1 N–H and O–H groups in total. The minimum absolute atomic E-state index is 0.557. The third-order valence-electron chi connectivity index (χ3n) is 3.95. The van der Waals surface area contributed by atoms with E-state index in [0.717, 1.165) is 72.2 Å². The Morgan fingerprint density at radius 2 is 1.76 bits per heavy atom. The van der Waals surface area contributed by atoms with Crippen molar-refractivity contribution in [3.63, 3.8) is 0 Å². The third-order valence-corrected chi connectivity index (χ3v) is 3.95. The smallest absolute Gasteiger partial charge is 0.0593 e. The summed E-state index contributed by atoms with van der Waals surface area (Å²) in [5, 5.41) is 3.61. The van der Waals surface area contributed by atoms with Gasteiger partial charge in [-0.2, -0.15) is 0 Å². The first-order valence-corrected chi connectivity index (χ1v) is 8.50. The SMILES string of the molecule is CCNC1CCOCC1CN(CCOCC)CCOCC. The molecule has 0 aromatic carbocycles. The van der Waals surface area contributed by atoms with E-state index >= 15 is 0 Å². The lowest BCUT2D eigenvalue weighted by molar-refractivity contribution is 0.00674. The lowest BCUT2D eigenvalue weighted by Gasteiger charge is -2.36. The lowest BCUT2D eigenvalue weighted by atomic mass is 9.95. The summed E-state index contributed by atoms with van der Waals surface area (Å²) in [6.07, 6.45) is 1.11. The first-order chi connectivity index (χ1) is 10.3. The molecule has 1 aliphatic rings. The van der Waals surface area contributed by atoms with Crippen LogP contribution in [-0.2, 0) is 14.2 Å². The molecule has 126 valence electrons. The average Bonchev–Trinajstić information content (AvgIpc) is 2.49. The lowest BCUT2D eigenvalue weighted by Crippen LogP contribution is -2.48. The molecule has 0 aromatic rings. The molecule has 5 nitrogen and oxygen atoms in total. The van der Waals surface area contributed by atoms with Crippen LogP contribution in [0.5, 0.6) is 0 Å². The fourth-order valence-corrected chi connectivity index (χ4v) is 2.81. The Balaban J connectivity index is 2.42. The third kappa shape index (κ3) is 8.12. The van der Waals surface area contributed by atoms with Crippen LogP contribution in [0.25, 0.3) is 0 Å². The minimum Gasteiger partial charge on any atom is -0.381 e. The molecule has 0 bridgehead atoms. The van der Waals surface area contributed by atoms with E-state index in [2.05, 4.69) is 17.1 Å². The summed E-state index contributed by atoms with van der Waals surface area (Å²) in [6, 6.07) is 0.574. The van der Waals surface area contributed by atoms with Crippen molar-refractivity contribution >= 4 is 0 Å². The van der Waals surface area contributed by atoms with Gasteiger partial charge in [0.1, 0.15) is 0 Å². The van der Waals surface area contributed by atoms with Crippen LogP contribution in [0.2, 0.25) is 0 Å². The van der Waals surface area contributed by atoms with Gasteiger partial charge in [0.2, 0.25) is 0 Å². The molecule has 1 fully saturated rings. The fourth-order valence-electron chi connectivity index (χ4n) is 2.81. The van der Waals surface area contributed by atoms with Gasteiger partial charge in [-0.3, -0.25) is 4.90 Å². The second-order valence-corrected chi connectivity index (χ2v) is 5.48. The highest BCUT2D eigenvalue weighted by molar-refractivity contribution is 4.82. The maximum Gasteiger partial charge on any atom is 0.0593 e. The average molecular weight is 302 g/mol. The summed E-state index contributed by atoms with van der Waals surface area (Å²) in [7, 11) is 0. The van der Waals surface area contributed by atoms with E-state index in [1.807, 2.05) is 13.8 Å². The van der Waals surface area contributed by atoms with E-state index in [0.29, 0.717) is 12.0 Å². The Morgan fingerprint density at radius 1 is 1.10 bits per heavy atom. The maximum atomic E-state index is 5.68. The van der Waals surface area contributed by atoms with Crippen LogP contribution in [0, 0.1) is 5.92 Å². The van der Waals surface area contributed by atoms with Gasteiger partial charge in [-0.25, -0.2) is 0 Å². The standard InChI is InChI=1S/C16H34N2O3/c1-4-17-16-7-10-21-14-15(16)13-18(8-11-19-5-2)9-12-20-6-3/h15-17H,4-14H2,1-3H3. The van der Waals surface area contributed by atoms with Gasteiger partial charge in [-0.05, 0) is 26.8 Å². The molecule has 0 aliphatic carbocycles.